The summed E-state index contributed by atoms with van der Waals surface area (Å²) in [6, 6.07) is 15.5. The van der Waals surface area contributed by atoms with E-state index in [1.807, 2.05) is 38.4 Å². The fourth-order valence-corrected chi connectivity index (χ4v) is 3.38. The smallest absolute Gasteiger partial charge is 0.222 e. The SMILES string of the molecule is CCc1ccc(C(CNC(=O)CC(NC(C)=O)c2ccc(OC)cc2)N(C)C)cc1. The standard InChI is InChI=1S/C24H33N3O3/c1-6-18-7-9-20(10-8-18)23(27(3)4)16-25-24(29)15-22(26-17(2)28)19-11-13-21(30-5)14-12-19/h7-14,22-23H,6,15-16H2,1-5H3,(H,25,29)(H,26,28). The third kappa shape index (κ3) is 6.88. The van der Waals surface area contributed by atoms with Crippen molar-refractivity contribution in [2.75, 3.05) is 27.7 Å². The zero-order chi connectivity index (χ0) is 22.1. The van der Waals surface area contributed by atoms with Crippen LogP contribution in [0.4, 0.5) is 0 Å². The third-order valence-corrected chi connectivity index (χ3v) is 5.17. The molecule has 6 nitrogen and oxygen atoms in total. The minimum atomic E-state index is -0.393. The number of hydrogen-bond acceptors (Lipinski definition) is 4. The monoisotopic (exact) mass is 411 g/mol. The highest BCUT2D eigenvalue weighted by Crippen LogP contribution is 2.21. The normalized spacial score (nSPS) is 12.9. The molecule has 0 aliphatic rings. The van der Waals surface area contributed by atoms with Crippen LogP contribution in [0.2, 0.25) is 0 Å². The second kappa shape index (κ2) is 11.4. The Morgan fingerprint density at radius 2 is 1.60 bits per heavy atom. The lowest BCUT2D eigenvalue weighted by atomic mass is 10.0. The van der Waals surface area contributed by atoms with Crippen molar-refractivity contribution in [3.63, 3.8) is 0 Å². The number of likely N-dealkylation sites (N-methyl/N-ethyl adjacent to an activating group) is 1. The molecule has 2 aromatic carbocycles. The molecule has 0 aliphatic heterocycles. The van der Waals surface area contributed by atoms with Crippen molar-refractivity contribution in [1.82, 2.24) is 15.5 Å². The van der Waals surface area contributed by atoms with Gasteiger partial charge in [-0.2, -0.15) is 0 Å². The van der Waals surface area contributed by atoms with Gasteiger partial charge >= 0.3 is 0 Å². The van der Waals surface area contributed by atoms with Crippen LogP contribution >= 0.6 is 0 Å². The summed E-state index contributed by atoms with van der Waals surface area (Å²) in [5.41, 5.74) is 3.31. The van der Waals surface area contributed by atoms with Gasteiger partial charge in [0.15, 0.2) is 0 Å². The molecule has 0 saturated heterocycles. The van der Waals surface area contributed by atoms with Crippen molar-refractivity contribution in [3.8, 4) is 5.75 Å². The molecule has 2 rings (SSSR count). The molecule has 0 radical (unpaired) electrons. The maximum Gasteiger partial charge on any atom is 0.222 e. The van der Waals surface area contributed by atoms with Gasteiger partial charge in [-0.3, -0.25) is 9.59 Å². The van der Waals surface area contributed by atoms with Crippen LogP contribution in [0.15, 0.2) is 48.5 Å². The largest absolute Gasteiger partial charge is 0.497 e. The van der Waals surface area contributed by atoms with Gasteiger partial charge < -0.3 is 20.3 Å². The molecule has 0 spiro atoms. The van der Waals surface area contributed by atoms with Crippen LogP contribution in [0.3, 0.4) is 0 Å². The van der Waals surface area contributed by atoms with Gasteiger partial charge in [0, 0.05) is 13.5 Å². The van der Waals surface area contributed by atoms with Gasteiger partial charge in [0.05, 0.1) is 25.6 Å². The summed E-state index contributed by atoms with van der Waals surface area (Å²) in [4.78, 5) is 26.4. The number of ether oxygens (including phenoxy) is 1. The van der Waals surface area contributed by atoms with Crippen LogP contribution in [-0.2, 0) is 16.0 Å². The van der Waals surface area contributed by atoms with Gasteiger partial charge in [-0.25, -0.2) is 0 Å². The van der Waals surface area contributed by atoms with E-state index in [1.54, 1.807) is 7.11 Å². The summed E-state index contributed by atoms with van der Waals surface area (Å²) >= 11 is 0. The van der Waals surface area contributed by atoms with E-state index in [0.29, 0.717) is 6.54 Å². The number of nitrogens with one attached hydrogen (secondary N) is 2. The Balaban J connectivity index is 2.04. The number of rotatable bonds is 10. The van der Waals surface area contributed by atoms with E-state index in [2.05, 4.69) is 46.7 Å². The van der Waals surface area contributed by atoms with E-state index in [-0.39, 0.29) is 24.3 Å². The molecule has 0 aliphatic carbocycles. The first-order valence-electron chi connectivity index (χ1n) is 10.3. The molecule has 30 heavy (non-hydrogen) atoms. The first-order valence-corrected chi connectivity index (χ1v) is 10.3. The summed E-state index contributed by atoms with van der Waals surface area (Å²) in [5.74, 6) is 0.445. The molecule has 0 bridgehead atoms. The lowest BCUT2D eigenvalue weighted by Crippen LogP contribution is -2.37. The van der Waals surface area contributed by atoms with Crippen LogP contribution in [-0.4, -0.2) is 44.5 Å². The molecule has 0 heterocycles. The van der Waals surface area contributed by atoms with Gasteiger partial charge in [0.2, 0.25) is 11.8 Å². The number of aryl methyl sites for hydroxylation is 1. The van der Waals surface area contributed by atoms with Gasteiger partial charge in [-0.15, -0.1) is 0 Å². The van der Waals surface area contributed by atoms with E-state index < -0.39 is 6.04 Å². The highest BCUT2D eigenvalue weighted by atomic mass is 16.5. The number of carbonyl (C=O) groups is 2. The van der Waals surface area contributed by atoms with Crippen molar-refractivity contribution in [2.45, 2.75) is 38.8 Å². The lowest BCUT2D eigenvalue weighted by Gasteiger charge is -2.26. The zero-order valence-corrected chi connectivity index (χ0v) is 18.6. The topological polar surface area (TPSA) is 70.7 Å². The number of nitrogens with zero attached hydrogens (tertiary/aromatic N) is 1. The lowest BCUT2D eigenvalue weighted by molar-refractivity contribution is -0.123. The number of hydrogen-bond donors (Lipinski definition) is 2. The summed E-state index contributed by atoms with van der Waals surface area (Å²) in [5, 5.41) is 5.90. The highest BCUT2D eigenvalue weighted by Gasteiger charge is 2.20. The molecule has 2 N–H and O–H groups in total. The van der Waals surface area contributed by atoms with Crippen LogP contribution in [0.1, 0.15) is 49.0 Å². The van der Waals surface area contributed by atoms with Gasteiger partial charge in [-0.1, -0.05) is 43.3 Å². The van der Waals surface area contributed by atoms with E-state index in [4.69, 9.17) is 4.74 Å². The fourth-order valence-electron chi connectivity index (χ4n) is 3.38. The Morgan fingerprint density at radius 3 is 2.10 bits per heavy atom. The highest BCUT2D eigenvalue weighted by molar-refractivity contribution is 5.79. The molecule has 2 amide bonds. The maximum atomic E-state index is 12.7. The van der Waals surface area contributed by atoms with Crippen molar-refractivity contribution >= 4 is 11.8 Å². The van der Waals surface area contributed by atoms with Crippen LogP contribution < -0.4 is 15.4 Å². The van der Waals surface area contributed by atoms with Crippen molar-refractivity contribution in [3.05, 3.63) is 65.2 Å². The Morgan fingerprint density at radius 1 is 1.00 bits per heavy atom. The molecule has 2 atom stereocenters. The molecule has 2 unspecified atom stereocenters. The molecular weight excluding hydrogens is 378 g/mol. The second-order valence-electron chi connectivity index (χ2n) is 7.61. The van der Waals surface area contributed by atoms with Crippen molar-refractivity contribution in [1.29, 1.82) is 0 Å². The number of benzene rings is 2. The van der Waals surface area contributed by atoms with Crippen LogP contribution in [0, 0.1) is 0 Å². The first kappa shape index (κ1) is 23.4. The molecule has 6 heteroatoms. The zero-order valence-electron chi connectivity index (χ0n) is 18.6. The van der Waals surface area contributed by atoms with Gasteiger partial charge in [0.1, 0.15) is 5.75 Å². The average Bonchev–Trinajstić information content (AvgIpc) is 2.73. The minimum absolute atomic E-state index is 0.0695. The summed E-state index contributed by atoms with van der Waals surface area (Å²) in [6.07, 6.45) is 1.17. The number of methoxy groups -OCH3 is 1. The molecule has 162 valence electrons. The summed E-state index contributed by atoms with van der Waals surface area (Å²) in [7, 11) is 5.61. The molecular formula is C24H33N3O3. The van der Waals surface area contributed by atoms with E-state index >= 15 is 0 Å². The second-order valence-corrected chi connectivity index (χ2v) is 7.61. The van der Waals surface area contributed by atoms with Gasteiger partial charge in [-0.05, 0) is 49.3 Å². The van der Waals surface area contributed by atoms with Crippen LogP contribution in [0.5, 0.6) is 5.75 Å². The van der Waals surface area contributed by atoms with Gasteiger partial charge in [0.25, 0.3) is 0 Å². The Hall–Kier alpha value is -2.86. The Labute approximate surface area is 179 Å². The van der Waals surface area contributed by atoms with E-state index in [9.17, 15) is 9.59 Å². The number of carbonyl (C=O) groups excluding carboxylic acids is 2. The fraction of sp³-hybridized carbons (Fsp3) is 0.417. The molecule has 0 fully saturated rings. The van der Waals surface area contributed by atoms with E-state index in [1.165, 1.54) is 12.5 Å². The maximum absolute atomic E-state index is 12.7. The number of amides is 2. The summed E-state index contributed by atoms with van der Waals surface area (Å²) < 4.78 is 5.18. The third-order valence-electron chi connectivity index (χ3n) is 5.17. The average molecular weight is 412 g/mol. The van der Waals surface area contributed by atoms with Crippen LogP contribution in [0.25, 0.3) is 0 Å². The molecule has 0 saturated carbocycles. The predicted molar refractivity (Wildman–Crippen MR) is 119 cm³/mol. The minimum Gasteiger partial charge on any atom is -0.497 e. The first-order chi connectivity index (χ1) is 14.3. The quantitative estimate of drug-likeness (QED) is 0.630. The molecule has 2 aromatic rings. The Kier molecular flexibility index (Phi) is 8.87. The van der Waals surface area contributed by atoms with E-state index in [0.717, 1.165) is 23.3 Å². The summed E-state index contributed by atoms with van der Waals surface area (Å²) in [6.45, 7) is 4.08. The molecule has 0 aromatic heterocycles. The van der Waals surface area contributed by atoms with Crippen molar-refractivity contribution < 1.29 is 14.3 Å². The van der Waals surface area contributed by atoms with Crippen molar-refractivity contribution in [2.24, 2.45) is 0 Å². The Bertz CT molecular complexity index is 817. The predicted octanol–water partition coefficient (Wildman–Crippen LogP) is 3.24.